The molecular weight excluding hydrogens is 446 g/mol. The predicted octanol–water partition coefficient (Wildman–Crippen LogP) is 8.78. The zero-order valence-corrected chi connectivity index (χ0v) is 24.3. The summed E-state index contributed by atoms with van der Waals surface area (Å²) in [5.74, 6) is -0.0676. The lowest BCUT2D eigenvalue weighted by atomic mass is 10.0. The standard InChI is InChI=1S/C32H63NO3/c1-3-5-7-9-11-12-13-14-15-16-17-18-19-20-22-24-26-28-32(36)33-30(29-34)31(35)27-25-23-21-10-8-6-4-2/h25,27,30-31,34-35H,3-24,26,28-29H2,1-2H3,(H,33,36)/b27-25+. The second kappa shape index (κ2) is 28.7. The Bertz CT molecular complexity index is 480. The second-order valence-corrected chi connectivity index (χ2v) is 10.9. The number of rotatable bonds is 28. The molecule has 0 radical (unpaired) electrons. The first kappa shape index (κ1) is 35.1. The lowest BCUT2D eigenvalue weighted by molar-refractivity contribution is -0.123. The Morgan fingerprint density at radius 2 is 1.03 bits per heavy atom. The van der Waals surface area contributed by atoms with Crippen molar-refractivity contribution in [3.05, 3.63) is 12.2 Å². The molecule has 0 aromatic heterocycles. The maximum atomic E-state index is 12.2. The maximum absolute atomic E-state index is 12.2. The Hall–Kier alpha value is -0.870. The van der Waals surface area contributed by atoms with E-state index < -0.39 is 12.1 Å². The largest absolute Gasteiger partial charge is 0.394 e. The Morgan fingerprint density at radius 3 is 1.44 bits per heavy atom. The molecule has 0 spiro atoms. The molecule has 4 nitrogen and oxygen atoms in total. The normalized spacial score (nSPS) is 13.3. The SMILES string of the molecule is CCCCCCC/C=C/C(O)C(CO)NC(=O)CCCCCCCCCCCCCCCCCCC. The average molecular weight is 510 g/mol. The highest BCUT2D eigenvalue weighted by atomic mass is 16.3. The van der Waals surface area contributed by atoms with Crippen molar-refractivity contribution in [1.82, 2.24) is 5.32 Å². The van der Waals surface area contributed by atoms with Crippen LogP contribution in [0.5, 0.6) is 0 Å². The van der Waals surface area contributed by atoms with Crippen molar-refractivity contribution in [2.75, 3.05) is 6.61 Å². The van der Waals surface area contributed by atoms with Gasteiger partial charge in [-0.05, 0) is 19.3 Å². The summed E-state index contributed by atoms with van der Waals surface area (Å²) in [5, 5.41) is 22.6. The molecule has 1 amide bonds. The number of hydrogen-bond acceptors (Lipinski definition) is 3. The molecule has 3 N–H and O–H groups in total. The van der Waals surface area contributed by atoms with Crippen LogP contribution in [0.4, 0.5) is 0 Å². The number of unbranched alkanes of at least 4 members (excludes halogenated alkanes) is 21. The number of aliphatic hydroxyl groups is 2. The highest BCUT2D eigenvalue weighted by Gasteiger charge is 2.17. The predicted molar refractivity (Wildman–Crippen MR) is 156 cm³/mol. The minimum atomic E-state index is -0.829. The van der Waals surface area contributed by atoms with E-state index in [1.54, 1.807) is 6.08 Å². The van der Waals surface area contributed by atoms with E-state index in [1.165, 1.54) is 122 Å². The third-order valence-corrected chi connectivity index (χ3v) is 7.27. The van der Waals surface area contributed by atoms with Crippen molar-refractivity contribution in [3.63, 3.8) is 0 Å². The molecule has 0 fully saturated rings. The van der Waals surface area contributed by atoms with Crippen LogP contribution in [0.25, 0.3) is 0 Å². The maximum Gasteiger partial charge on any atom is 0.220 e. The van der Waals surface area contributed by atoms with Gasteiger partial charge >= 0.3 is 0 Å². The molecule has 0 aromatic carbocycles. The topological polar surface area (TPSA) is 69.6 Å². The molecule has 36 heavy (non-hydrogen) atoms. The summed E-state index contributed by atoms with van der Waals surface area (Å²) < 4.78 is 0. The summed E-state index contributed by atoms with van der Waals surface area (Å²) in [6.45, 7) is 4.24. The highest BCUT2D eigenvalue weighted by molar-refractivity contribution is 5.76. The van der Waals surface area contributed by atoms with Crippen molar-refractivity contribution in [2.45, 2.75) is 180 Å². The van der Waals surface area contributed by atoms with Crippen molar-refractivity contribution in [1.29, 1.82) is 0 Å². The zero-order chi connectivity index (χ0) is 26.5. The number of carbonyl (C=O) groups is 1. The van der Waals surface area contributed by atoms with Crippen LogP contribution in [0.15, 0.2) is 12.2 Å². The summed E-state index contributed by atoms with van der Waals surface area (Å²) in [4.78, 5) is 12.2. The highest BCUT2D eigenvalue weighted by Crippen LogP contribution is 2.14. The number of nitrogens with one attached hydrogen (secondary N) is 1. The summed E-state index contributed by atoms with van der Waals surface area (Å²) in [5.41, 5.74) is 0. The van der Waals surface area contributed by atoms with Crippen LogP contribution in [0, 0.1) is 0 Å². The van der Waals surface area contributed by atoms with Crippen LogP contribution in [0.2, 0.25) is 0 Å². The van der Waals surface area contributed by atoms with E-state index in [9.17, 15) is 15.0 Å². The number of allylic oxidation sites excluding steroid dienone is 1. The van der Waals surface area contributed by atoms with Crippen LogP contribution in [0.1, 0.15) is 168 Å². The van der Waals surface area contributed by atoms with Gasteiger partial charge in [0.25, 0.3) is 0 Å². The van der Waals surface area contributed by atoms with E-state index in [1.807, 2.05) is 6.08 Å². The van der Waals surface area contributed by atoms with Gasteiger partial charge in [-0.25, -0.2) is 0 Å². The van der Waals surface area contributed by atoms with Crippen LogP contribution in [0.3, 0.4) is 0 Å². The van der Waals surface area contributed by atoms with Crippen molar-refractivity contribution >= 4 is 5.91 Å². The Morgan fingerprint density at radius 1 is 0.639 bits per heavy atom. The fourth-order valence-electron chi connectivity index (χ4n) is 4.76. The monoisotopic (exact) mass is 509 g/mol. The third kappa shape index (κ3) is 24.8. The van der Waals surface area contributed by atoms with Gasteiger partial charge in [0.2, 0.25) is 5.91 Å². The Labute approximate surface area is 225 Å². The van der Waals surface area contributed by atoms with E-state index in [4.69, 9.17) is 0 Å². The van der Waals surface area contributed by atoms with Gasteiger partial charge in [-0.2, -0.15) is 0 Å². The van der Waals surface area contributed by atoms with Crippen molar-refractivity contribution in [2.24, 2.45) is 0 Å². The molecule has 0 aromatic rings. The van der Waals surface area contributed by atoms with Gasteiger partial charge in [-0.1, -0.05) is 154 Å². The van der Waals surface area contributed by atoms with Crippen LogP contribution in [-0.4, -0.2) is 34.9 Å². The molecule has 0 bridgehead atoms. The minimum Gasteiger partial charge on any atom is -0.394 e. The van der Waals surface area contributed by atoms with Gasteiger partial charge < -0.3 is 15.5 Å². The number of hydrogen-bond donors (Lipinski definition) is 3. The lowest BCUT2D eigenvalue weighted by Crippen LogP contribution is -2.45. The number of amides is 1. The molecular formula is C32H63NO3. The number of aliphatic hydroxyl groups excluding tert-OH is 2. The molecule has 0 aliphatic heterocycles. The Balaban J connectivity index is 3.54. The third-order valence-electron chi connectivity index (χ3n) is 7.27. The van der Waals surface area contributed by atoms with E-state index in [-0.39, 0.29) is 12.5 Å². The van der Waals surface area contributed by atoms with Crippen LogP contribution < -0.4 is 5.32 Å². The van der Waals surface area contributed by atoms with E-state index in [0.717, 1.165) is 25.7 Å². The smallest absolute Gasteiger partial charge is 0.220 e. The van der Waals surface area contributed by atoms with Gasteiger partial charge in [-0.15, -0.1) is 0 Å². The molecule has 4 heteroatoms. The first-order valence-electron chi connectivity index (χ1n) is 15.9. The first-order valence-corrected chi connectivity index (χ1v) is 15.9. The minimum absolute atomic E-state index is 0.0676. The van der Waals surface area contributed by atoms with E-state index in [0.29, 0.717) is 6.42 Å². The quantitative estimate of drug-likeness (QED) is 0.0729. The van der Waals surface area contributed by atoms with Crippen molar-refractivity contribution in [3.8, 4) is 0 Å². The second-order valence-electron chi connectivity index (χ2n) is 10.9. The van der Waals surface area contributed by atoms with Crippen LogP contribution in [-0.2, 0) is 4.79 Å². The molecule has 0 aliphatic carbocycles. The molecule has 0 heterocycles. The fraction of sp³-hybridized carbons (Fsp3) is 0.906. The summed E-state index contributed by atoms with van der Waals surface area (Å²) in [6.07, 6.45) is 33.0. The molecule has 2 atom stereocenters. The van der Waals surface area contributed by atoms with Crippen molar-refractivity contribution < 1.29 is 15.0 Å². The van der Waals surface area contributed by atoms with E-state index in [2.05, 4.69) is 19.2 Å². The number of carbonyl (C=O) groups excluding carboxylic acids is 1. The van der Waals surface area contributed by atoms with E-state index >= 15 is 0 Å². The molecule has 2 unspecified atom stereocenters. The molecule has 0 saturated carbocycles. The Kier molecular flexibility index (Phi) is 28.0. The summed E-state index contributed by atoms with van der Waals surface area (Å²) in [6, 6.07) is -0.611. The summed E-state index contributed by atoms with van der Waals surface area (Å²) in [7, 11) is 0. The van der Waals surface area contributed by atoms with Gasteiger partial charge in [0.15, 0.2) is 0 Å². The zero-order valence-electron chi connectivity index (χ0n) is 24.3. The molecule has 0 rings (SSSR count). The van der Waals surface area contributed by atoms with Gasteiger partial charge in [-0.3, -0.25) is 4.79 Å². The molecule has 214 valence electrons. The van der Waals surface area contributed by atoms with Gasteiger partial charge in [0.05, 0.1) is 18.8 Å². The fourth-order valence-corrected chi connectivity index (χ4v) is 4.76. The lowest BCUT2D eigenvalue weighted by Gasteiger charge is -2.20. The summed E-state index contributed by atoms with van der Waals surface area (Å²) >= 11 is 0. The van der Waals surface area contributed by atoms with Crippen LogP contribution >= 0.6 is 0 Å². The average Bonchev–Trinajstić information content (AvgIpc) is 2.88. The van der Waals surface area contributed by atoms with Gasteiger partial charge in [0, 0.05) is 6.42 Å². The molecule has 0 saturated heterocycles. The first-order chi connectivity index (χ1) is 17.7. The molecule has 0 aliphatic rings. The van der Waals surface area contributed by atoms with Gasteiger partial charge in [0.1, 0.15) is 0 Å².